The first-order valence-electron chi connectivity index (χ1n) is 23.9. The van der Waals surface area contributed by atoms with Gasteiger partial charge in [-0.15, -0.1) is 0 Å². The molecule has 0 saturated heterocycles. The lowest BCUT2D eigenvalue weighted by atomic mass is 9.70. The van der Waals surface area contributed by atoms with Gasteiger partial charge in [0.2, 0.25) is 0 Å². The molecule has 0 fully saturated rings. The molecule has 13 aromatic rings. The second-order valence-corrected chi connectivity index (χ2v) is 18.6. The summed E-state index contributed by atoms with van der Waals surface area (Å²) in [5.41, 5.74) is 19.8. The van der Waals surface area contributed by atoms with E-state index in [0.717, 1.165) is 55.7 Å². The molecular formula is C67H41NO. The number of hydrogen-bond acceptors (Lipinski definition) is 2. The number of anilines is 3. The van der Waals surface area contributed by atoms with Crippen LogP contribution in [0.25, 0.3) is 98.8 Å². The molecule has 0 amide bonds. The Bertz CT molecular complexity index is 4190. The van der Waals surface area contributed by atoms with E-state index in [1.165, 1.54) is 82.4 Å². The maximum atomic E-state index is 6.30. The number of para-hydroxylation sites is 1. The molecule has 0 radical (unpaired) electrons. The van der Waals surface area contributed by atoms with Gasteiger partial charge >= 0.3 is 0 Å². The van der Waals surface area contributed by atoms with Gasteiger partial charge < -0.3 is 9.32 Å². The monoisotopic (exact) mass is 875 g/mol. The number of hydrogen-bond donors (Lipinski definition) is 0. The van der Waals surface area contributed by atoms with Crippen LogP contribution in [0.2, 0.25) is 0 Å². The highest BCUT2D eigenvalue weighted by molar-refractivity contribution is 6.26. The van der Waals surface area contributed by atoms with Crippen LogP contribution >= 0.6 is 0 Å². The predicted molar refractivity (Wildman–Crippen MR) is 288 cm³/mol. The smallest absolute Gasteiger partial charge is 0.136 e. The van der Waals surface area contributed by atoms with Crippen molar-refractivity contribution in [3.8, 4) is 44.5 Å². The number of fused-ring (bicyclic) bond motifs is 19. The van der Waals surface area contributed by atoms with Gasteiger partial charge in [-0.2, -0.15) is 0 Å². The summed E-state index contributed by atoms with van der Waals surface area (Å²) < 4.78 is 6.30. The Morgan fingerprint density at radius 2 is 0.783 bits per heavy atom. The van der Waals surface area contributed by atoms with Crippen LogP contribution in [-0.4, -0.2) is 0 Å². The van der Waals surface area contributed by atoms with E-state index in [2.05, 4.69) is 248 Å². The number of benzene rings is 12. The van der Waals surface area contributed by atoms with E-state index in [4.69, 9.17) is 4.42 Å². The minimum atomic E-state index is -0.457. The van der Waals surface area contributed by atoms with E-state index in [0.29, 0.717) is 0 Å². The minimum Gasteiger partial charge on any atom is -0.456 e. The van der Waals surface area contributed by atoms with Crippen LogP contribution in [0.15, 0.2) is 253 Å². The Balaban J connectivity index is 0.948. The minimum absolute atomic E-state index is 0.457. The Morgan fingerprint density at radius 1 is 0.290 bits per heavy atom. The van der Waals surface area contributed by atoms with Crippen LogP contribution in [0.3, 0.4) is 0 Å². The Morgan fingerprint density at radius 3 is 1.49 bits per heavy atom. The van der Waals surface area contributed by atoms with Crippen LogP contribution in [0.1, 0.15) is 22.3 Å². The van der Waals surface area contributed by atoms with Crippen molar-refractivity contribution in [2.24, 2.45) is 0 Å². The van der Waals surface area contributed by atoms with Crippen molar-refractivity contribution in [2.45, 2.75) is 5.41 Å². The summed E-state index contributed by atoms with van der Waals surface area (Å²) in [4.78, 5) is 2.51. The van der Waals surface area contributed by atoms with Gasteiger partial charge in [-0.3, -0.25) is 0 Å². The molecule has 1 spiro atoms. The summed E-state index contributed by atoms with van der Waals surface area (Å²) in [7, 11) is 0. The highest BCUT2D eigenvalue weighted by Gasteiger charge is 2.52. The quantitative estimate of drug-likeness (QED) is 0.160. The van der Waals surface area contributed by atoms with E-state index >= 15 is 0 Å². The van der Waals surface area contributed by atoms with Gasteiger partial charge in [-0.25, -0.2) is 0 Å². The van der Waals surface area contributed by atoms with Crippen molar-refractivity contribution in [2.75, 3.05) is 4.90 Å². The molecule has 0 N–H and O–H groups in total. The van der Waals surface area contributed by atoms with Crippen molar-refractivity contribution in [1.29, 1.82) is 0 Å². The zero-order chi connectivity index (χ0) is 45.2. The van der Waals surface area contributed by atoms with Crippen molar-refractivity contribution in [3.05, 3.63) is 271 Å². The molecule has 15 rings (SSSR count). The lowest BCUT2D eigenvalue weighted by molar-refractivity contribution is 0.669. The first-order valence-corrected chi connectivity index (χ1v) is 23.9. The molecule has 0 saturated carbocycles. The molecule has 0 bridgehead atoms. The average molecular weight is 876 g/mol. The van der Waals surface area contributed by atoms with E-state index in [9.17, 15) is 0 Å². The molecule has 0 atom stereocenters. The molecule has 69 heavy (non-hydrogen) atoms. The van der Waals surface area contributed by atoms with Crippen LogP contribution in [0.4, 0.5) is 17.1 Å². The van der Waals surface area contributed by atoms with Crippen LogP contribution in [-0.2, 0) is 5.41 Å². The molecular weight excluding hydrogens is 835 g/mol. The van der Waals surface area contributed by atoms with Crippen molar-refractivity contribution in [1.82, 2.24) is 0 Å². The van der Waals surface area contributed by atoms with Crippen molar-refractivity contribution >= 4 is 71.3 Å². The molecule has 0 aliphatic heterocycles. The van der Waals surface area contributed by atoms with Gasteiger partial charge in [0, 0.05) is 27.7 Å². The third-order valence-electron chi connectivity index (χ3n) is 15.3. The zero-order valence-electron chi connectivity index (χ0n) is 37.5. The molecule has 2 nitrogen and oxygen atoms in total. The fourth-order valence-corrected chi connectivity index (χ4v) is 12.5. The highest BCUT2D eigenvalue weighted by Crippen LogP contribution is 2.64. The molecule has 12 aromatic carbocycles. The topological polar surface area (TPSA) is 16.4 Å². The Labute approximate surface area is 399 Å². The van der Waals surface area contributed by atoms with Crippen LogP contribution < -0.4 is 4.90 Å². The molecule has 2 heteroatoms. The fourth-order valence-electron chi connectivity index (χ4n) is 12.5. The number of rotatable bonds is 5. The Kier molecular flexibility index (Phi) is 8.02. The lowest BCUT2D eigenvalue weighted by Gasteiger charge is -2.32. The van der Waals surface area contributed by atoms with E-state index in [-0.39, 0.29) is 0 Å². The molecule has 2 aliphatic carbocycles. The number of furan rings is 1. The second-order valence-electron chi connectivity index (χ2n) is 18.6. The summed E-state index contributed by atoms with van der Waals surface area (Å²) in [5, 5.41) is 9.84. The van der Waals surface area contributed by atoms with Crippen LogP contribution in [0.5, 0.6) is 0 Å². The van der Waals surface area contributed by atoms with Crippen LogP contribution in [0, 0.1) is 0 Å². The summed E-state index contributed by atoms with van der Waals surface area (Å²) >= 11 is 0. The zero-order valence-corrected chi connectivity index (χ0v) is 37.5. The first kappa shape index (κ1) is 38.2. The van der Waals surface area contributed by atoms with Crippen molar-refractivity contribution < 1.29 is 4.42 Å². The lowest BCUT2D eigenvalue weighted by Crippen LogP contribution is -2.26. The first-order chi connectivity index (χ1) is 34.2. The van der Waals surface area contributed by atoms with E-state index in [1.54, 1.807) is 0 Å². The van der Waals surface area contributed by atoms with E-state index in [1.807, 2.05) is 6.07 Å². The average Bonchev–Trinajstić information content (AvgIpc) is 4.06. The molecule has 1 heterocycles. The third-order valence-corrected chi connectivity index (χ3v) is 15.3. The molecule has 0 unspecified atom stereocenters. The molecule has 2 aliphatic rings. The Hall–Kier alpha value is -8.98. The summed E-state index contributed by atoms with van der Waals surface area (Å²) in [6.45, 7) is 0. The SMILES string of the molecule is c1cc(-c2ccc(N(c3ccc4c5ccccc5c5ccccc5c4c3)c3cccc4c3-c3ccccc3C43c4ccccc4-c4ccccc43)cc2)cc(-c2cccc3oc4ccccc4c23)c1. The second kappa shape index (κ2) is 14.5. The van der Waals surface area contributed by atoms with Crippen molar-refractivity contribution in [3.63, 3.8) is 0 Å². The largest absolute Gasteiger partial charge is 0.456 e. The maximum absolute atomic E-state index is 6.30. The van der Waals surface area contributed by atoms with Gasteiger partial charge in [-0.05, 0) is 142 Å². The predicted octanol–water partition coefficient (Wildman–Crippen LogP) is 18.2. The number of nitrogens with zero attached hydrogens (tertiary/aromatic N) is 1. The molecule has 320 valence electrons. The maximum Gasteiger partial charge on any atom is 0.136 e. The normalized spacial score (nSPS) is 13.0. The van der Waals surface area contributed by atoms with E-state index < -0.39 is 5.41 Å². The van der Waals surface area contributed by atoms with Gasteiger partial charge in [0.15, 0.2) is 0 Å². The van der Waals surface area contributed by atoms with Gasteiger partial charge in [0.25, 0.3) is 0 Å². The third kappa shape index (κ3) is 5.31. The van der Waals surface area contributed by atoms with Gasteiger partial charge in [0.05, 0.1) is 11.1 Å². The summed E-state index contributed by atoms with van der Waals surface area (Å²) in [6.07, 6.45) is 0. The van der Waals surface area contributed by atoms with Gasteiger partial charge in [-0.1, -0.05) is 200 Å². The molecule has 1 aromatic heterocycles. The summed E-state index contributed by atoms with van der Waals surface area (Å²) in [5.74, 6) is 0. The standard InChI is InChI=1S/C67H41NO/c1-2-20-50-48(18-1)49-19-3-4-21-51(49)57-41-46(38-39-52(50)57)68(45-36-34-42(35-37-45)43-16-13-17-44(40-43)47-26-14-33-64-65(47)56-25-8-12-32-63(56)69-64)62-31-15-30-61-66(62)55-24-7-11-29-60(55)67(61)58-27-9-5-22-53(58)54-23-6-10-28-59(54)67/h1-41H. The summed E-state index contributed by atoms with van der Waals surface area (Å²) in [6, 6.07) is 91.9. The fraction of sp³-hybridized carbons (Fsp3) is 0.0149. The van der Waals surface area contributed by atoms with Gasteiger partial charge in [0.1, 0.15) is 11.2 Å². The highest BCUT2D eigenvalue weighted by atomic mass is 16.3.